The highest BCUT2D eigenvalue weighted by molar-refractivity contribution is 7.18. The van der Waals surface area contributed by atoms with E-state index in [0.717, 1.165) is 48.6 Å². The highest BCUT2D eigenvalue weighted by Gasteiger charge is 2.27. The number of hydrogen-bond donors (Lipinski definition) is 0. The van der Waals surface area contributed by atoms with Crippen LogP contribution in [0.3, 0.4) is 0 Å². The van der Waals surface area contributed by atoms with Crippen molar-refractivity contribution in [3.05, 3.63) is 59.1 Å². The average Bonchev–Trinajstić information content (AvgIpc) is 3.17. The van der Waals surface area contributed by atoms with Crippen LogP contribution in [-0.4, -0.2) is 35.5 Å². The van der Waals surface area contributed by atoms with E-state index < -0.39 is 0 Å². The summed E-state index contributed by atoms with van der Waals surface area (Å²) in [5.41, 5.74) is 2.32. The summed E-state index contributed by atoms with van der Waals surface area (Å²) in [7, 11) is 0. The fourth-order valence-electron chi connectivity index (χ4n) is 3.53. The Morgan fingerprint density at radius 3 is 2.81 bits per heavy atom. The van der Waals surface area contributed by atoms with Crippen LogP contribution in [0.25, 0.3) is 10.2 Å². The van der Waals surface area contributed by atoms with Gasteiger partial charge in [-0.15, -0.1) is 11.3 Å². The maximum atomic E-state index is 12.6. The largest absolute Gasteiger partial charge is 0.484 e. The fraction of sp³-hybridized carbons (Fsp3) is 0.364. The molecule has 5 heteroatoms. The Morgan fingerprint density at radius 1 is 1.22 bits per heavy atom. The number of thiazole rings is 1. The third-order valence-electron chi connectivity index (χ3n) is 5.13. The quantitative estimate of drug-likeness (QED) is 0.647. The lowest BCUT2D eigenvalue weighted by atomic mass is 9.99. The number of rotatable bonds is 5. The molecule has 4 rings (SSSR count). The van der Waals surface area contributed by atoms with E-state index in [9.17, 15) is 4.79 Å². The van der Waals surface area contributed by atoms with E-state index in [4.69, 9.17) is 9.72 Å². The molecule has 27 heavy (non-hydrogen) atoms. The van der Waals surface area contributed by atoms with Crippen LogP contribution in [0.2, 0.25) is 0 Å². The first-order valence-corrected chi connectivity index (χ1v) is 10.4. The molecule has 1 saturated heterocycles. The summed E-state index contributed by atoms with van der Waals surface area (Å²) in [5, 5.41) is 1.14. The lowest BCUT2D eigenvalue weighted by Crippen LogP contribution is -2.41. The van der Waals surface area contributed by atoms with Crippen LogP contribution in [0.5, 0.6) is 5.75 Å². The molecule has 1 amide bonds. The van der Waals surface area contributed by atoms with Crippen molar-refractivity contribution < 1.29 is 9.53 Å². The third kappa shape index (κ3) is 4.14. The second-order valence-corrected chi connectivity index (χ2v) is 8.05. The van der Waals surface area contributed by atoms with Crippen molar-refractivity contribution in [2.45, 2.75) is 32.1 Å². The zero-order valence-electron chi connectivity index (χ0n) is 15.6. The number of fused-ring (bicyclic) bond motifs is 1. The Bertz CT molecular complexity index is 886. The van der Waals surface area contributed by atoms with Gasteiger partial charge in [0.2, 0.25) is 0 Å². The molecule has 0 radical (unpaired) electrons. The first-order valence-electron chi connectivity index (χ1n) is 9.58. The maximum Gasteiger partial charge on any atom is 0.260 e. The number of hydrogen-bond acceptors (Lipinski definition) is 4. The minimum Gasteiger partial charge on any atom is -0.484 e. The predicted molar refractivity (Wildman–Crippen MR) is 109 cm³/mol. The number of benzene rings is 2. The van der Waals surface area contributed by atoms with Gasteiger partial charge in [0.1, 0.15) is 5.75 Å². The van der Waals surface area contributed by atoms with Gasteiger partial charge in [0, 0.05) is 19.0 Å². The molecule has 1 aliphatic rings. The number of para-hydroxylation sites is 1. The highest BCUT2D eigenvalue weighted by Crippen LogP contribution is 2.33. The van der Waals surface area contributed by atoms with E-state index in [-0.39, 0.29) is 12.5 Å². The lowest BCUT2D eigenvalue weighted by Gasteiger charge is -2.31. The zero-order valence-corrected chi connectivity index (χ0v) is 16.4. The molecule has 1 atom stereocenters. The zero-order chi connectivity index (χ0) is 18.6. The number of carbonyl (C=O) groups excluding carboxylic acids is 1. The number of ether oxygens (including phenoxy) is 1. The number of likely N-dealkylation sites (tertiary alicyclic amines) is 1. The number of piperidine rings is 1. The van der Waals surface area contributed by atoms with Gasteiger partial charge in [0.15, 0.2) is 6.61 Å². The molecule has 4 nitrogen and oxygen atoms in total. The monoisotopic (exact) mass is 380 g/mol. The molecular weight excluding hydrogens is 356 g/mol. The first-order chi connectivity index (χ1) is 13.2. The third-order valence-corrected chi connectivity index (χ3v) is 6.33. The van der Waals surface area contributed by atoms with Crippen LogP contribution in [0.1, 0.15) is 36.3 Å². The summed E-state index contributed by atoms with van der Waals surface area (Å²) >= 11 is 1.75. The minimum atomic E-state index is 0.0559. The Hall–Kier alpha value is -2.40. The standard InChI is InChI=1S/C22H24N2O2S/c1-2-16-9-11-18(12-10-16)26-15-21(25)24-13-5-6-17(14-24)22-23-19-7-3-4-8-20(19)27-22/h3-4,7-12,17H,2,5-6,13-15H2,1H3/t17-/m1/s1. The summed E-state index contributed by atoms with van der Waals surface area (Å²) in [6.07, 6.45) is 3.10. The summed E-state index contributed by atoms with van der Waals surface area (Å²) in [6.45, 7) is 3.75. The molecule has 140 valence electrons. The summed E-state index contributed by atoms with van der Waals surface area (Å²) < 4.78 is 6.92. The van der Waals surface area contributed by atoms with Gasteiger partial charge in [-0.25, -0.2) is 4.98 Å². The highest BCUT2D eigenvalue weighted by atomic mass is 32.1. The maximum absolute atomic E-state index is 12.6. The molecule has 0 spiro atoms. The number of nitrogens with zero attached hydrogens (tertiary/aromatic N) is 2. The molecule has 1 aromatic heterocycles. The first kappa shape index (κ1) is 18.0. The normalized spacial score (nSPS) is 17.2. The van der Waals surface area contributed by atoms with Crippen molar-refractivity contribution in [2.75, 3.05) is 19.7 Å². The second-order valence-electron chi connectivity index (χ2n) is 6.98. The molecule has 1 aliphatic heterocycles. The molecule has 0 unspecified atom stereocenters. The van der Waals surface area contributed by atoms with Crippen molar-refractivity contribution in [1.82, 2.24) is 9.88 Å². The molecule has 1 fully saturated rings. The molecule has 3 aromatic rings. The van der Waals surface area contributed by atoms with Gasteiger partial charge in [0.05, 0.1) is 15.2 Å². The van der Waals surface area contributed by atoms with Crippen molar-refractivity contribution in [3.8, 4) is 5.75 Å². The second kappa shape index (κ2) is 8.09. The summed E-state index contributed by atoms with van der Waals surface area (Å²) in [4.78, 5) is 19.3. The van der Waals surface area contributed by atoms with E-state index >= 15 is 0 Å². The van der Waals surface area contributed by atoms with Crippen LogP contribution in [-0.2, 0) is 11.2 Å². The van der Waals surface area contributed by atoms with Crippen LogP contribution < -0.4 is 4.74 Å². The minimum absolute atomic E-state index is 0.0559. The average molecular weight is 381 g/mol. The predicted octanol–water partition coefficient (Wildman–Crippen LogP) is 4.64. The molecule has 0 saturated carbocycles. The smallest absolute Gasteiger partial charge is 0.260 e. The number of carbonyl (C=O) groups is 1. The number of aromatic nitrogens is 1. The Kier molecular flexibility index (Phi) is 5.39. The summed E-state index contributed by atoms with van der Waals surface area (Å²) in [5.74, 6) is 1.13. The van der Waals surface area contributed by atoms with Gasteiger partial charge >= 0.3 is 0 Å². The van der Waals surface area contributed by atoms with Gasteiger partial charge < -0.3 is 9.64 Å². The lowest BCUT2D eigenvalue weighted by molar-refractivity contribution is -0.134. The van der Waals surface area contributed by atoms with E-state index in [2.05, 4.69) is 19.1 Å². The van der Waals surface area contributed by atoms with Crippen molar-refractivity contribution in [1.29, 1.82) is 0 Å². The molecule has 0 N–H and O–H groups in total. The van der Waals surface area contributed by atoms with E-state index in [1.54, 1.807) is 11.3 Å². The van der Waals surface area contributed by atoms with E-state index in [1.165, 1.54) is 10.3 Å². The van der Waals surface area contributed by atoms with Crippen LogP contribution in [0, 0.1) is 0 Å². The molecule has 0 aliphatic carbocycles. The molecule has 2 aromatic carbocycles. The number of amides is 1. The SMILES string of the molecule is CCc1ccc(OCC(=O)N2CCC[C@@H](c3nc4ccccc4s3)C2)cc1. The van der Waals surface area contributed by atoms with Crippen molar-refractivity contribution >= 4 is 27.5 Å². The topological polar surface area (TPSA) is 42.4 Å². The summed E-state index contributed by atoms with van der Waals surface area (Å²) in [6, 6.07) is 16.2. The van der Waals surface area contributed by atoms with Gasteiger partial charge in [-0.1, -0.05) is 31.2 Å². The molecular formula is C22H24N2O2S. The van der Waals surface area contributed by atoms with Crippen molar-refractivity contribution in [2.24, 2.45) is 0 Å². The molecule has 0 bridgehead atoms. The van der Waals surface area contributed by atoms with Crippen molar-refractivity contribution in [3.63, 3.8) is 0 Å². The van der Waals surface area contributed by atoms with Gasteiger partial charge in [-0.3, -0.25) is 4.79 Å². The number of aryl methyl sites for hydroxylation is 1. The Labute approximate surface area is 163 Å². The van der Waals surface area contributed by atoms with Gasteiger partial charge in [-0.05, 0) is 49.1 Å². The Balaban J connectivity index is 1.37. The fourth-order valence-corrected chi connectivity index (χ4v) is 4.62. The van der Waals surface area contributed by atoms with Crippen LogP contribution in [0.15, 0.2) is 48.5 Å². The molecule has 2 heterocycles. The van der Waals surface area contributed by atoms with E-state index in [0.29, 0.717) is 5.92 Å². The van der Waals surface area contributed by atoms with Crippen LogP contribution in [0.4, 0.5) is 0 Å². The van der Waals surface area contributed by atoms with Gasteiger partial charge in [0.25, 0.3) is 5.91 Å². The van der Waals surface area contributed by atoms with E-state index in [1.807, 2.05) is 41.3 Å². The Morgan fingerprint density at radius 2 is 2.04 bits per heavy atom. The van der Waals surface area contributed by atoms with Gasteiger partial charge in [-0.2, -0.15) is 0 Å². The van der Waals surface area contributed by atoms with Crippen LogP contribution >= 0.6 is 11.3 Å².